The number of carbonyl (C=O) groups excluding carboxylic acids is 1. The lowest BCUT2D eigenvalue weighted by Crippen LogP contribution is -2.52. The van der Waals surface area contributed by atoms with Gasteiger partial charge in [-0.15, -0.1) is 11.3 Å². The van der Waals surface area contributed by atoms with Gasteiger partial charge in [0.25, 0.3) is 11.5 Å². The zero-order valence-corrected chi connectivity index (χ0v) is 13.4. The van der Waals surface area contributed by atoms with Crippen molar-refractivity contribution >= 4 is 28.2 Å². The van der Waals surface area contributed by atoms with E-state index in [0.29, 0.717) is 10.7 Å². The molecule has 8 nitrogen and oxygen atoms in total. The summed E-state index contributed by atoms with van der Waals surface area (Å²) in [6.45, 7) is 3.58. The SMILES string of the molecule is Cc1csc2ncc(C(=O)N3CC(C(=O)O)O[C@H](C)C3)c(=O)n12. The molecule has 2 atom stereocenters. The van der Waals surface area contributed by atoms with Crippen molar-refractivity contribution < 1.29 is 19.4 Å². The molecule has 0 aliphatic carbocycles. The van der Waals surface area contributed by atoms with Gasteiger partial charge in [-0.2, -0.15) is 0 Å². The third kappa shape index (κ3) is 2.73. The first-order chi connectivity index (χ1) is 10.9. The Labute approximate surface area is 134 Å². The molecule has 1 saturated heterocycles. The zero-order chi connectivity index (χ0) is 16.7. The lowest BCUT2D eigenvalue weighted by atomic mass is 10.2. The molecule has 9 heteroatoms. The summed E-state index contributed by atoms with van der Waals surface area (Å²) in [7, 11) is 0. The minimum atomic E-state index is -1.13. The molecular weight excluding hydrogens is 322 g/mol. The first-order valence-electron chi connectivity index (χ1n) is 7.02. The fourth-order valence-corrected chi connectivity index (χ4v) is 3.42. The minimum Gasteiger partial charge on any atom is -0.479 e. The van der Waals surface area contributed by atoms with Gasteiger partial charge in [-0.05, 0) is 13.8 Å². The fourth-order valence-electron chi connectivity index (χ4n) is 2.60. The van der Waals surface area contributed by atoms with E-state index in [-0.39, 0.29) is 18.7 Å². The number of ether oxygens (including phenoxy) is 1. The molecule has 2 aromatic heterocycles. The van der Waals surface area contributed by atoms with Crippen molar-refractivity contribution in [3.05, 3.63) is 33.2 Å². The van der Waals surface area contributed by atoms with Gasteiger partial charge in [-0.25, -0.2) is 9.78 Å². The van der Waals surface area contributed by atoms with Crippen molar-refractivity contribution in [1.82, 2.24) is 14.3 Å². The number of nitrogens with zero attached hydrogens (tertiary/aromatic N) is 3. The maximum atomic E-state index is 12.6. The Morgan fingerprint density at radius 2 is 2.17 bits per heavy atom. The first kappa shape index (κ1) is 15.6. The number of carboxylic acid groups (broad SMARTS) is 1. The van der Waals surface area contributed by atoms with Crippen LogP contribution in [0.25, 0.3) is 4.96 Å². The smallest absolute Gasteiger partial charge is 0.334 e. The van der Waals surface area contributed by atoms with Crippen molar-refractivity contribution in [3.8, 4) is 0 Å². The van der Waals surface area contributed by atoms with Gasteiger partial charge in [0, 0.05) is 23.8 Å². The van der Waals surface area contributed by atoms with Gasteiger partial charge in [0.2, 0.25) is 0 Å². The molecule has 122 valence electrons. The van der Waals surface area contributed by atoms with Gasteiger partial charge in [-0.3, -0.25) is 14.0 Å². The van der Waals surface area contributed by atoms with Crippen LogP contribution in [0.3, 0.4) is 0 Å². The van der Waals surface area contributed by atoms with E-state index in [4.69, 9.17) is 9.84 Å². The van der Waals surface area contributed by atoms with Crippen LogP contribution in [0.4, 0.5) is 0 Å². The van der Waals surface area contributed by atoms with Crippen LogP contribution in [-0.2, 0) is 9.53 Å². The predicted octanol–water partition coefficient (Wildman–Crippen LogP) is 0.379. The second kappa shape index (κ2) is 5.74. The first-order valence-corrected chi connectivity index (χ1v) is 7.90. The average molecular weight is 337 g/mol. The normalized spacial score (nSPS) is 21.6. The molecule has 3 heterocycles. The van der Waals surface area contributed by atoms with Crippen molar-refractivity contribution in [2.24, 2.45) is 0 Å². The largest absolute Gasteiger partial charge is 0.479 e. The summed E-state index contributed by atoms with van der Waals surface area (Å²) in [6, 6.07) is 0. The molecule has 0 aromatic carbocycles. The average Bonchev–Trinajstić information content (AvgIpc) is 2.88. The summed E-state index contributed by atoms with van der Waals surface area (Å²) in [4.78, 5) is 42.3. The number of thiazole rings is 1. The van der Waals surface area contributed by atoms with Gasteiger partial charge < -0.3 is 14.7 Å². The van der Waals surface area contributed by atoms with Crippen molar-refractivity contribution in [1.29, 1.82) is 0 Å². The fraction of sp³-hybridized carbons (Fsp3) is 0.429. The molecule has 1 N–H and O–H groups in total. The highest BCUT2D eigenvalue weighted by atomic mass is 32.1. The third-order valence-corrected chi connectivity index (χ3v) is 4.63. The van der Waals surface area contributed by atoms with E-state index in [1.165, 1.54) is 26.8 Å². The monoisotopic (exact) mass is 337 g/mol. The number of aryl methyl sites for hydroxylation is 1. The Hall–Kier alpha value is -2.26. The topological polar surface area (TPSA) is 101 Å². The second-order valence-electron chi connectivity index (χ2n) is 5.46. The van der Waals surface area contributed by atoms with E-state index < -0.39 is 29.6 Å². The number of morpholine rings is 1. The molecule has 0 radical (unpaired) electrons. The molecule has 1 aliphatic rings. The Morgan fingerprint density at radius 1 is 1.43 bits per heavy atom. The van der Waals surface area contributed by atoms with E-state index >= 15 is 0 Å². The van der Waals surface area contributed by atoms with Gasteiger partial charge in [0.05, 0.1) is 12.6 Å². The maximum absolute atomic E-state index is 12.6. The molecule has 1 fully saturated rings. The molecule has 3 rings (SSSR count). The predicted molar refractivity (Wildman–Crippen MR) is 82.0 cm³/mol. The summed E-state index contributed by atoms with van der Waals surface area (Å²) in [5.41, 5.74) is 0.197. The number of hydrogen-bond acceptors (Lipinski definition) is 6. The number of fused-ring (bicyclic) bond motifs is 1. The van der Waals surface area contributed by atoms with E-state index in [2.05, 4.69) is 4.98 Å². The van der Waals surface area contributed by atoms with Gasteiger partial charge in [0.15, 0.2) is 11.1 Å². The molecule has 1 amide bonds. The van der Waals surface area contributed by atoms with Crippen molar-refractivity contribution in [2.75, 3.05) is 13.1 Å². The number of rotatable bonds is 2. The molecule has 0 bridgehead atoms. The van der Waals surface area contributed by atoms with Crippen LogP contribution in [0, 0.1) is 6.92 Å². The van der Waals surface area contributed by atoms with Gasteiger partial charge >= 0.3 is 5.97 Å². The summed E-state index contributed by atoms with van der Waals surface area (Å²) < 4.78 is 6.67. The molecule has 0 saturated carbocycles. The Morgan fingerprint density at radius 3 is 2.87 bits per heavy atom. The number of amides is 1. The highest BCUT2D eigenvalue weighted by molar-refractivity contribution is 7.15. The number of carboxylic acids is 1. The van der Waals surface area contributed by atoms with Crippen LogP contribution in [0.5, 0.6) is 0 Å². The number of aromatic nitrogens is 2. The molecule has 0 spiro atoms. The molecular formula is C14H15N3O5S. The minimum absolute atomic E-state index is 0.0674. The van der Waals surface area contributed by atoms with Crippen molar-refractivity contribution in [2.45, 2.75) is 26.1 Å². The van der Waals surface area contributed by atoms with Crippen molar-refractivity contribution in [3.63, 3.8) is 0 Å². The van der Waals surface area contributed by atoms with E-state index in [0.717, 1.165) is 0 Å². The van der Waals surface area contributed by atoms with Gasteiger partial charge in [0.1, 0.15) is 5.56 Å². The lowest BCUT2D eigenvalue weighted by molar-refractivity contribution is -0.160. The summed E-state index contributed by atoms with van der Waals surface area (Å²) in [5.74, 6) is -1.66. The highest BCUT2D eigenvalue weighted by Gasteiger charge is 2.34. The van der Waals surface area contributed by atoms with Crippen LogP contribution < -0.4 is 5.56 Å². The zero-order valence-electron chi connectivity index (χ0n) is 12.6. The van der Waals surface area contributed by atoms with Crippen LogP contribution in [0.1, 0.15) is 23.0 Å². The van der Waals surface area contributed by atoms with Gasteiger partial charge in [-0.1, -0.05) is 0 Å². The third-order valence-electron chi connectivity index (χ3n) is 3.67. The van der Waals surface area contributed by atoms with E-state index in [1.54, 1.807) is 19.2 Å². The standard InChI is InChI=1S/C14H15N3O5S/c1-7-6-23-14-15-3-9(12(19)17(7)14)11(18)16-4-8(2)22-10(5-16)13(20)21/h3,6,8,10H,4-5H2,1-2H3,(H,20,21)/t8-,10?/m1/s1. The van der Waals surface area contributed by atoms with Crippen LogP contribution in [0.2, 0.25) is 0 Å². The molecule has 23 heavy (non-hydrogen) atoms. The van der Waals surface area contributed by atoms with E-state index in [1.807, 2.05) is 0 Å². The van der Waals surface area contributed by atoms with E-state index in [9.17, 15) is 14.4 Å². The maximum Gasteiger partial charge on any atom is 0.334 e. The quantitative estimate of drug-likeness (QED) is 0.850. The summed E-state index contributed by atoms with van der Waals surface area (Å²) in [6.07, 6.45) is -0.257. The molecule has 1 unspecified atom stereocenters. The summed E-state index contributed by atoms with van der Waals surface area (Å²) >= 11 is 1.32. The Bertz CT molecular complexity index is 843. The van der Waals surface area contributed by atoms with Crippen LogP contribution in [0.15, 0.2) is 16.4 Å². The van der Waals surface area contributed by atoms with Crippen LogP contribution >= 0.6 is 11.3 Å². The Balaban J connectivity index is 1.97. The number of hydrogen-bond donors (Lipinski definition) is 1. The Kier molecular flexibility index (Phi) is 3.90. The molecule has 1 aliphatic heterocycles. The second-order valence-corrected chi connectivity index (χ2v) is 6.29. The highest BCUT2D eigenvalue weighted by Crippen LogP contribution is 2.15. The number of carbonyl (C=O) groups is 2. The van der Waals surface area contributed by atoms with Crippen LogP contribution in [-0.4, -0.2) is 56.6 Å². The molecule has 2 aromatic rings. The number of aliphatic carboxylic acids is 1. The summed E-state index contributed by atoms with van der Waals surface area (Å²) in [5, 5.41) is 10.9. The lowest BCUT2D eigenvalue weighted by Gasteiger charge is -2.34.